The van der Waals surface area contributed by atoms with Gasteiger partial charge in [0.15, 0.2) is 0 Å². The van der Waals surface area contributed by atoms with Gasteiger partial charge in [0.1, 0.15) is 11.8 Å². The largest absolute Gasteiger partial charge is 0.496 e. The van der Waals surface area contributed by atoms with Crippen LogP contribution in [0.4, 0.5) is 0 Å². The van der Waals surface area contributed by atoms with E-state index in [1.165, 1.54) is 19.2 Å². The average molecular weight is 322 g/mol. The zero-order chi connectivity index (χ0) is 10.7. The lowest BCUT2D eigenvalue weighted by atomic mass is 10.1. The molecule has 0 atom stereocenters. The SMILES string of the molecule is COc1cc(C(=O)Cl)cc(C#N)c1I. The Hall–Kier alpha value is -0.800. The second kappa shape index (κ2) is 4.62. The quantitative estimate of drug-likeness (QED) is 0.621. The number of ether oxygens (including phenoxy) is 1. The number of methoxy groups -OCH3 is 1. The maximum absolute atomic E-state index is 10.9. The Morgan fingerprint density at radius 1 is 1.64 bits per heavy atom. The standard InChI is InChI=1S/C9H5ClINO2/c1-14-7-3-5(9(10)13)2-6(4-12)8(7)11/h2-3H,1H3. The third-order valence-electron chi connectivity index (χ3n) is 1.61. The van der Waals surface area contributed by atoms with Crippen LogP contribution in [0.1, 0.15) is 15.9 Å². The van der Waals surface area contributed by atoms with E-state index in [9.17, 15) is 4.79 Å². The zero-order valence-corrected chi connectivity index (χ0v) is 10.1. The third kappa shape index (κ3) is 2.16. The van der Waals surface area contributed by atoms with Crippen molar-refractivity contribution in [3.05, 3.63) is 26.8 Å². The first kappa shape index (κ1) is 11.3. The normalized spacial score (nSPS) is 9.29. The van der Waals surface area contributed by atoms with Gasteiger partial charge in [0.25, 0.3) is 5.24 Å². The molecular weight excluding hydrogens is 316 g/mol. The number of nitriles is 1. The molecule has 0 aliphatic rings. The van der Waals surface area contributed by atoms with Gasteiger partial charge in [-0.2, -0.15) is 5.26 Å². The molecule has 0 aromatic heterocycles. The van der Waals surface area contributed by atoms with E-state index in [1.54, 1.807) is 0 Å². The number of carbonyl (C=O) groups excluding carboxylic acids is 1. The summed E-state index contributed by atoms with van der Waals surface area (Å²) in [7, 11) is 1.47. The van der Waals surface area contributed by atoms with E-state index >= 15 is 0 Å². The lowest BCUT2D eigenvalue weighted by Gasteiger charge is -2.05. The van der Waals surface area contributed by atoms with Crippen molar-refractivity contribution in [3.8, 4) is 11.8 Å². The van der Waals surface area contributed by atoms with Crippen LogP contribution in [0.2, 0.25) is 0 Å². The fraction of sp³-hybridized carbons (Fsp3) is 0.111. The van der Waals surface area contributed by atoms with Crippen molar-refractivity contribution in [2.45, 2.75) is 0 Å². The van der Waals surface area contributed by atoms with Crippen molar-refractivity contribution in [2.24, 2.45) is 0 Å². The van der Waals surface area contributed by atoms with E-state index < -0.39 is 5.24 Å². The molecule has 1 aromatic carbocycles. The Balaban J connectivity index is 3.41. The molecule has 0 fully saturated rings. The highest BCUT2D eigenvalue weighted by molar-refractivity contribution is 14.1. The highest BCUT2D eigenvalue weighted by atomic mass is 127. The molecular formula is C9H5ClINO2. The van der Waals surface area contributed by atoms with Gasteiger partial charge in [-0.15, -0.1) is 0 Å². The lowest BCUT2D eigenvalue weighted by molar-refractivity contribution is 0.108. The summed E-state index contributed by atoms with van der Waals surface area (Å²) < 4.78 is 5.68. The van der Waals surface area contributed by atoms with Crippen molar-refractivity contribution in [2.75, 3.05) is 7.11 Å². The van der Waals surface area contributed by atoms with Crippen LogP contribution in [0.5, 0.6) is 5.75 Å². The third-order valence-corrected chi connectivity index (χ3v) is 2.94. The van der Waals surface area contributed by atoms with Gasteiger partial charge in [-0.1, -0.05) is 0 Å². The van der Waals surface area contributed by atoms with Crippen LogP contribution in [0.3, 0.4) is 0 Å². The molecule has 0 saturated carbocycles. The first-order chi connectivity index (χ1) is 6.60. The first-order valence-corrected chi connectivity index (χ1v) is 5.03. The average Bonchev–Trinajstić information content (AvgIpc) is 2.17. The predicted octanol–water partition coefficient (Wildman–Crippen LogP) is 2.55. The monoisotopic (exact) mass is 321 g/mol. The summed E-state index contributed by atoms with van der Waals surface area (Å²) in [5.74, 6) is 0.480. The summed E-state index contributed by atoms with van der Waals surface area (Å²) in [5, 5.41) is 8.18. The van der Waals surface area contributed by atoms with Crippen LogP contribution in [0.25, 0.3) is 0 Å². The van der Waals surface area contributed by atoms with Crippen LogP contribution < -0.4 is 4.74 Å². The molecule has 72 valence electrons. The van der Waals surface area contributed by atoms with E-state index in [2.05, 4.69) is 0 Å². The molecule has 1 rings (SSSR count). The van der Waals surface area contributed by atoms with Gasteiger partial charge in [0, 0.05) is 5.56 Å². The Bertz CT molecular complexity index is 426. The Kier molecular flexibility index (Phi) is 3.72. The maximum atomic E-state index is 10.9. The van der Waals surface area contributed by atoms with E-state index in [4.69, 9.17) is 21.6 Å². The molecule has 0 saturated heterocycles. The van der Waals surface area contributed by atoms with Gasteiger partial charge < -0.3 is 4.74 Å². The smallest absolute Gasteiger partial charge is 0.252 e. The van der Waals surface area contributed by atoms with Crippen molar-refractivity contribution >= 4 is 39.4 Å². The molecule has 14 heavy (non-hydrogen) atoms. The van der Waals surface area contributed by atoms with Crippen LogP contribution >= 0.6 is 34.2 Å². The van der Waals surface area contributed by atoms with E-state index in [-0.39, 0.29) is 5.56 Å². The van der Waals surface area contributed by atoms with Gasteiger partial charge in [-0.25, -0.2) is 0 Å². The fourth-order valence-electron chi connectivity index (χ4n) is 0.941. The summed E-state index contributed by atoms with van der Waals surface area (Å²) >= 11 is 7.29. The van der Waals surface area contributed by atoms with Crippen LogP contribution in [-0.2, 0) is 0 Å². The molecule has 0 unspecified atom stereocenters. The lowest BCUT2D eigenvalue weighted by Crippen LogP contribution is -1.96. The molecule has 0 aliphatic carbocycles. The van der Waals surface area contributed by atoms with Crippen molar-refractivity contribution in [3.63, 3.8) is 0 Å². The van der Waals surface area contributed by atoms with Gasteiger partial charge in [-0.3, -0.25) is 4.79 Å². The van der Waals surface area contributed by atoms with E-state index in [1.807, 2.05) is 28.7 Å². The van der Waals surface area contributed by atoms with Crippen LogP contribution in [0, 0.1) is 14.9 Å². The second-order valence-electron chi connectivity index (χ2n) is 2.43. The zero-order valence-electron chi connectivity index (χ0n) is 7.17. The highest BCUT2D eigenvalue weighted by Crippen LogP contribution is 2.26. The molecule has 1 aromatic rings. The van der Waals surface area contributed by atoms with Crippen molar-refractivity contribution < 1.29 is 9.53 Å². The summed E-state index contributed by atoms with van der Waals surface area (Å²) in [6.07, 6.45) is 0. The predicted molar refractivity (Wildman–Crippen MR) is 60.6 cm³/mol. The number of hydrogen-bond donors (Lipinski definition) is 0. The van der Waals surface area contributed by atoms with Gasteiger partial charge in [0.05, 0.1) is 16.2 Å². The van der Waals surface area contributed by atoms with Crippen LogP contribution in [-0.4, -0.2) is 12.4 Å². The number of carbonyl (C=O) groups is 1. The minimum absolute atomic E-state index is 0.264. The number of halogens is 2. The molecule has 0 radical (unpaired) electrons. The summed E-state index contributed by atoms with van der Waals surface area (Å²) in [5.41, 5.74) is 0.648. The van der Waals surface area contributed by atoms with Crippen LogP contribution in [0.15, 0.2) is 12.1 Å². The molecule has 0 N–H and O–H groups in total. The number of rotatable bonds is 2. The summed E-state index contributed by atoms with van der Waals surface area (Å²) in [4.78, 5) is 10.9. The molecule has 3 nitrogen and oxygen atoms in total. The minimum Gasteiger partial charge on any atom is -0.496 e. The molecule has 0 spiro atoms. The second-order valence-corrected chi connectivity index (χ2v) is 3.85. The first-order valence-electron chi connectivity index (χ1n) is 3.57. The molecule has 0 heterocycles. The minimum atomic E-state index is -0.601. The fourth-order valence-corrected chi connectivity index (χ4v) is 1.70. The van der Waals surface area contributed by atoms with Crippen molar-refractivity contribution in [1.29, 1.82) is 5.26 Å². The topological polar surface area (TPSA) is 50.1 Å². The van der Waals surface area contributed by atoms with Crippen molar-refractivity contribution in [1.82, 2.24) is 0 Å². The van der Waals surface area contributed by atoms with Gasteiger partial charge >= 0.3 is 0 Å². The summed E-state index contributed by atoms with van der Waals surface area (Å²) in [6.45, 7) is 0. The molecule has 5 heteroatoms. The molecule has 0 aliphatic heterocycles. The van der Waals surface area contributed by atoms with Gasteiger partial charge in [-0.05, 0) is 46.3 Å². The van der Waals surface area contributed by atoms with Gasteiger partial charge in [0.2, 0.25) is 0 Å². The number of hydrogen-bond acceptors (Lipinski definition) is 3. The molecule has 0 bridgehead atoms. The van der Waals surface area contributed by atoms with E-state index in [0.717, 1.165) is 0 Å². The Morgan fingerprint density at radius 2 is 2.29 bits per heavy atom. The Labute approximate surface area is 99.8 Å². The number of nitrogens with zero attached hydrogens (tertiary/aromatic N) is 1. The Morgan fingerprint density at radius 3 is 2.71 bits per heavy atom. The molecule has 0 amide bonds. The summed E-state index contributed by atoms with van der Waals surface area (Å²) in [6, 6.07) is 4.92. The highest BCUT2D eigenvalue weighted by Gasteiger charge is 2.11. The maximum Gasteiger partial charge on any atom is 0.252 e. The van der Waals surface area contributed by atoms with E-state index in [0.29, 0.717) is 14.9 Å². The number of benzene rings is 1.